The number of ether oxygens (including phenoxy) is 1. The van der Waals surface area contributed by atoms with E-state index in [9.17, 15) is 22.8 Å². The molecule has 108 valence electrons. The summed E-state index contributed by atoms with van der Waals surface area (Å²) < 4.78 is 39.8. The number of carbonyl (C=O) groups is 2. The number of benzene rings is 1. The van der Waals surface area contributed by atoms with Gasteiger partial charge in [0.15, 0.2) is 0 Å². The maximum absolute atomic E-state index is 12.0. The molecule has 1 heterocycles. The summed E-state index contributed by atoms with van der Waals surface area (Å²) in [4.78, 5) is 22.1. The van der Waals surface area contributed by atoms with Crippen LogP contribution in [0.4, 0.5) is 13.2 Å². The summed E-state index contributed by atoms with van der Waals surface area (Å²) in [5.41, 5.74) is 0.984. The van der Waals surface area contributed by atoms with Crippen LogP contribution in [0.15, 0.2) is 30.3 Å². The molecule has 0 amide bonds. The third-order valence-corrected chi connectivity index (χ3v) is 3.11. The topological polar surface area (TPSA) is 55.4 Å². The van der Waals surface area contributed by atoms with Gasteiger partial charge in [-0.15, -0.1) is 0 Å². The number of halogens is 3. The van der Waals surface area contributed by atoms with Crippen LogP contribution in [0.25, 0.3) is 0 Å². The van der Waals surface area contributed by atoms with Crippen molar-refractivity contribution in [3.05, 3.63) is 35.9 Å². The van der Waals surface area contributed by atoms with Crippen LogP contribution in [0.1, 0.15) is 17.9 Å². The van der Waals surface area contributed by atoms with Gasteiger partial charge in [0.25, 0.3) is 0 Å². The van der Waals surface area contributed by atoms with Gasteiger partial charge >= 0.3 is 18.1 Å². The highest BCUT2D eigenvalue weighted by Crippen LogP contribution is 2.26. The molecule has 2 rings (SSSR count). The molecule has 0 aromatic heterocycles. The molecule has 4 nitrogen and oxygen atoms in total. The van der Waals surface area contributed by atoms with Crippen LogP contribution in [-0.2, 0) is 14.3 Å². The lowest BCUT2D eigenvalue weighted by Gasteiger charge is -2.11. The highest BCUT2D eigenvalue weighted by molar-refractivity contribution is 5.91. The zero-order valence-corrected chi connectivity index (χ0v) is 10.3. The molecular weight excluding hydrogens is 275 g/mol. The van der Waals surface area contributed by atoms with Gasteiger partial charge < -0.3 is 10.1 Å². The first kappa shape index (κ1) is 14.5. The Morgan fingerprint density at radius 1 is 1.20 bits per heavy atom. The Labute approximate surface area is 112 Å². The maximum Gasteiger partial charge on any atom is 0.491 e. The van der Waals surface area contributed by atoms with Gasteiger partial charge in [0, 0.05) is 6.54 Å². The second kappa shape index (κ2) is 5.62. The summed E-state index contributed by atoms with van der Waals surface area (Å²) in [6.07, 6.45) is -4.86. The normalized spacial score (nSPS) is 22.6. The molecule has 0 aliphatic carbocycles. The summed E-state index contributed by atoms with van der Waals surface area (Å²) >= 11 is 0. The van der Waals surface area contributed by atoms with Crippen LogP contribution in [-0.4, -0.2) is 30.7 Å². The van der Waals surface area contributed by atoms with E-state index < -0.39 is 24.2 Å². The minimum atomic E-state index is -5.16. The second-order valence-corrected chi connectivity index (χ2v) is 4.51. The highest BCUT2D eigenvalue weighted by atomic mass is 19.4. The van der Waals surface area contributed by atoms with E-state index in [1.165, 1.54) is 0 Å². The second-order valence-electron chi connectivity index (χ2n) is 4.51. The highest BCUT2D eigenvalue weighted by Gasteiger charge is 2.44. The first-order valence-corrected chi connectivity index (χ1v) is 5.99. The van der Waals surface area contributed by atoms with Crippen molar-refractivity contribution in [3.63, 3.8) is 0 Å². The summed E-state index contributed by atoms with van der Waals surface area (Å²) in [5, 5.41) is 2.77. The predicted molar refractivity (Wildman–Crippen MR) is 62.7 cm³/mol. The molecule has 1 fully saturated rings. The first-order valence-electron chi connectivity index (χ1n) is 5.99. The van der Waals surface area contributed by atoms with Gasteiger partial charge in [-0.1, -0.05) is 30.3 Å². The van der Waals surface area contributed by atoms with Crippen LogP contribution in [0.5, 0.6) is 0 Å². The Kier molecular flexibility index (Phi) is 4.08. The van der Waals surface area contributed by atoms with E-state index in [-0.39, 0.29) is 5.92 Å². The molecule has 1 aromatic rings. The third-order valence-electron chi connectivity index (χ3n) is 3.11. The molecule has 0 radical (unpaired) electrons. The smallest absolute Gasteiger partial charge is 0.385 e. The molecule has 2 atom stereocenters. The molecule has 20 heavy (non-hydrogen) atoms. The lowest BCUT2D eigenvalue weighted by atomic mass is 9.96. The van der Waals surface area contributed by atoms with E-state index in [2.05, 4.69) is 10.1 Å². The fourth-order valence-electron chi connectivity index (χ4n) is 2.11. The van der Waals surface area contributed by atoms with Gasteiger partial charge in [0.1, 0.15) is 6.04 Å². The van der Waals surface area contributed by atoms with Crippen LogP contribution in [0.3, 0.4) is 0 Å². The van der Waals surface area contributed by atoms with Gasteiger partial charge in [-0.3, -0.25) is 0 Å². The van der Waals surface area contributed by atoms with Crippen molar-refractivity contribution < 1.29 is 27.5 Å². The Morgan fingerprint density at radius 2 is 1.85 bits per heavy atom. The largest absolute Gasteiger partial charge is 0.491 e. The minimum Gasteiger partial charge on any atom is -0.385 e. The van der Waals surface area contributed by atoms with E-state index in [4.69, 9.17) is 0 Å². The quantitative estimate of drug-likeness (QED) is 0.665. The van der Waals surface area contributed by atoms with Gasteiger partial charge in [-0.05, 0) is 17.9 Å². The standard InChI is InChI=1S/C13H12F3NO3/c14-13(15,16)12(19)20-11(18)10-6-9(7-17-10)8-4-2-1-3-5-8/h1-5,9-10,17H,6-7H2/t9-,10-/m0/s1. The molecule has 0 saturated carbocycles. The summed E-state index contributed by atoms with van der Waals surface area (Å²) in [6.45, 7) is 0.448. The van der Waals surface area contributed by atoms with E-state index in [0.29, 0.717) is 13.0 Å². The number of carbonyl (C=O) groups excluding carboxylic acids is 2. The zero-order chi connectivity index (χ0) is 14.8. The molecule has 1 saturated heterocycles. The number of hydrogen-bond acceptors (Lipinski definition) is 4. The van der Waals surface area contributed by atoms with Gasteiger partial charge in [0.05, 0.1) is 0 Å². The van der Waals surface area contributed by atoms with Gasteiger partial charge in [0.2, 0.25) is 0 Å². The fourth-order valence-corrected chi connectivity index (χ4v) is 2.11. The van der Waals surface area contributed by atoms with E-state index >= 15 is 0 Å². The van der Waals surface area contributed by atoms with Crippen LogP contribution in [0.2, 0.25) is 0 Å². The molecule has 7 heteroatoms. The molecule has 0 bridgehead atoms. The van der Waals surface area contributed by atoms with Crippen molar-refractivity contribution in [3.8, 4) is 0 Å². The van der Waals surface area contributed by atoms with E-state index in [1.54, 1.807) is 0 Å². The number of alkyl halides is 3. The number of esters is 2. The summed E-state index contributed by atoms with van der Waals surface area (Å²) in [5.74, 6) is -3.66. The van der Waals surface area contributed by atoms with E-state index in [1.807, 2.05) is 30.3 Å². The number of hydrogen-bond donors (Lipinski definition) is 1. The Morgan fingerprint density at radius 3 is 2.45 bits per heavy atom. The molecule has 1 aromatic carbocycles. The molecule has 0 spiro atoms. The van der Waals surface area contributed by atoms with E-state index in [0.717, 1.165) is 5.56 Å². The van der Waals surface area contributed by atoms with Crippen molar-refractivity contribution in [1.29, 1.82) is 0 Å². The number of nitrogens with one attached hydrogen (secondary N) is 1. The van der Waals surface area contributed by atoms with Gasteiger partial charge in [-0.25, -0.2) is 9.59 Å². The SMILES string of the molecule is O=C(OC(=O)C(F)(F)F)[C@@H]1C[C@H](c2ccccc2)CN1. The predicted octanol–water partition coefficient (Wildman–Crippen LogP) is 1.76. The van der Waals surface area contributed by atoms with Crippen molar-refractivity contribution >= 4 is 11.9 Å². The van der Waals surface area contributed by atoms with Crippen LogP contribution in [0, 0.1) is 0 Å². The first-order chi connectivity index (χ1) is 9.38. The molecular formula is C13H12F3NO3. The Balaban J connectivity index is 1.93. The zero-order valence-electron chi connectivity index (χ0n) is 10.3. The van der Waals surface area contributed by atoms with Crippen molar-refractivity contribution in [1.82, 2.24) is 5.32 Å². The summed E-state index contributed by atoms with van der Waals surface area (Å²) in [7, 11) is 0. The van der Waals surface area contributed by atoms with Crippen LogP contribution >= 0.6 is 0 Å². The average molecular weight is 287 g/mol. The van der Waals surface area contributed by atoms with Crippen LogP contribution < -0.4 is 5.32 Å². The van der Waals surface area contributed by atoms with Crippen molar-refractivity contribution in [2.24, 2.45) is 0 Å². The lowest BCUT2D eigenvalue weighted by Crippen LogP contribution is -2.37. The van der Waals surface area contributed by atoms with Crippen molar-refractivity contribution in [2.75, 3.05) is 6.54 Å². The fraction of sp³-hybridized carbons (Fsp3) is 0.385. The van der Waals surface area contributed by atoms with Gasteiger partial charge in [-0.2, -0.15) is 13.2 Å². The van der Waals surface area contributed by atoms with Crippen molar-refractivity contribution in [2.45, 2.75) is 24.6 Å². The molecule has 1 N–H and O–H groups in total. The number of rotatable bonds is 2. The molecule has 1 aliphatic heterocycles. The molecule has 0 unspecified atom stereocenters. The monoisotopic (exact) mass is 287 g/mol. The summed E-state index contributed by atoms with van der Waals surface area (Å²) in [6, 6.07) is 8.38. The lowest BCUT2D eigenvalue weighted by molar-refractivity contribution is -0.202. The Hall–Kier alpha value is -1.89. The minimum absolute atomic E-state index is 0.00902. The maximum atomic E-state index is 12.0. The average Bonchev–Trinajstić information content (AvgIpc) is 2.88. The Bertz CT molecular complexity index is 501. The molecule has 1 aliphatic rings. The third kappa shape index (κ3) is 3.36.